The fraction of sp³-hybridized carbons (Fsp3) is 0.417. The Morgan fingerprint density at radius 2 is 2.13 bits per heavy atom. The molecule has 3 nitrogen and oxygen atoms in total. The number of aromatic nitrogens is 2. The number of nitrogens with one attached hydrogen (secondary N) is 1. The highest BCUT2D eigenvalue weighted by molar-refractivity contribution is 5.74. The number of rotatable bonds is 3. The van der Waals surface area contributed by atoms with Crippen molar-refractivity contribution >= 4 is 11.0 Å². The Labute approximate surface area is 89.7 Å². The van der Waals surface area contributed by atoms with Crippen LogP contribution in [0.2, 0.25) is 0 Å². The third kappa shape index (κ3) is 1.63. The van der Waals surface area contributed by atoms with Gasteiger partial charge < -0.3 is 10.7 Å². The quantitative estimate of drug-likeness (QED) is 0.803. The fourth-order valence-electron chi connectivity index (χ4n) is 1.65. The Balaban J connectivity index is 2.52. The van der Waals surface area contributed by atoms with Gasteiger partial charge in [0.05, 0.1) is 11.0 Å². The van der Waals surface area contributed by atoms with E-state index >= 15 is 0 Å². The smallest absolute Gasteiger partial charge is 0.114 e. The third-order valence-corrected chi connectivity index (χ3v) is 3.19. The van der Waals surface area contributed by atoms with E-state index in [1.165, 1.54) is 0 Å². The lowest BCUT2D eigenvalue weighted by Crippen LogP contribution is -2.32. The van der Waals surface area contributed by atoms with Crippen molar-refractivity contribution in [1.29, 1.82) is 0 Å². The van der Waals surface area contributed by atoms with E-state index in [0.29, 0.717) is 6.54 Å². The van der Waals surface area contributed by atoms with E-state index in [2.05, 4.69) is 23.8 Å². The molecule has 0 aliphatic carbocycles. The van der Waals surface area contributed by atoms with Gasteiger partial charge >= 0.3 is 0 Å². The van der Waals surface area contributed by atoms with Crippen LogP contribution in [-0.4, -0.2) is 16.5 Å². The van der Waals surface area contributed by atoms with Gasteiger partial charge in [0.2, 0.25) is 0 Å². The van der Waals surface area contributed by atoms with Crippen molar-refractivity contribution in [3.63, 3.8) is 0 Å². The summed E-state index contributed by atoms with van der Waals surface area (Å²) in [7, 11) is 0. The van der Waals surface area contributed by atoms with Crippen LogP contribution in [0.1, 0.15) is 26.1 Å². The van der Waals surface area contributed by atoms with Crippen LogP contribution in [0.5, 0.6) is 0 Å². The first-order chi connectivity index (χ1) is 7.19. The molecular formula is C12H17N3. The topological polar surface area (TPSA) is 54.7 Å². The zero-order chi connectivity index (χ0) is 10.9. The second-order valence-electron chi connectivity index (χ2n) is 4.22. The number of aromatic amines is 1. The number of hydrogen-bond donors (Lipinski definition) is 2. The molecule has 2 rings (SSSR count). The largest absolute Gasteiger partial charge is 0.341 e. The van der Waals surface area contributed by atoms with Crippen molar-refractivity contribution in [2.75, 3.05) is 6.54 Å². The second kappa shape index (κ2) is 3.66. The summed E-state index contributed by atoms with van der Waals surface area (Å²) in [6, 6.07) is 8.06. The average molecular weight is 203 g/mol. The normalized spacial score (nSPS) is 15.4. The van der Waals surface area contributed by atoms with Crippen LogP contribution in [0.15, 0.2) is 24.3 Å². The van der Waals surface area contributed by atoms with Crippen molar-refractivity contribution < 1.29 is 0 Å². The maximum absolute atomic E-state index is 5.81. The van der Waals surface area contributed by atoms with Gasteiger partial charge in [0.1, 0.15) is 5.82 Å². The molecule has 2 aromatic rings. The maximum Gasteiger partial charge on any atom is 0.114 e. The summed E-state index contributed by atoms with van der Waals surface area (Å²) >= 11 is 0. The van der Waals surface area contributed by atoms with Crippen molar-refractivity contribution in [1.82, 2.24) is 9.97 Å². The van der Waals surface area contributed by atoms with Crippen molar-refractivity contribution in [2.45, 2.75) is 25.7 Å². The summed E-state index contributed by atoms with van der Waals surface area (Å²) < 4.78 is 0. The maximum atomic E-state index is 5.81. The van der Waals surface area contributed by atoms with Gasteiger partial charge in [0.25, 0.3) is 0 Å². The monoisotopic (exact) mass is 203 g/mol. The zero-order valence-electron chi connectivity index (χ0n) is 9.25. The lowest BCUT2D eigenvalue weighted by Gasteiger charge is -2.23. The molecule has 3 heteroatoms. The molecule has 0 aliphatic heterocycles. The van der Waals surface area contributed by atoms with Crippen LogP contribution < -0.4 is 5.73 Å². The molecule has 0 radical (unpaired) electrons. The van der Waals surface area contributed by atoms with Gasteiger partial charge in [-0.2, -0.15) is 0 Å². The Kier molecular flexibility index (Phi) is 2.49. The number of hydrogen-bond acceptors (Lipinski definition) is 2. The Morgan fingerprint density at radius 3 is 2.73 bits per heavy atom. The molecule has 1 aromatic carbocycles. The van der Waals surface area contributed by atoms with Crippen LogP contribution in [0, 0.1) is 0 Å². The number of benzene rings is 1. The van der Waals surface area contributed by atoms with Crippen molar-refractivity contribution in [2.24, 2.45) is 5.73 Å². The van der Waals surface area contributed by atoms with E-state index in [1.54, 1.807) is 0 Å². The van der Waals surface area contributed by atoms with Crippen molar-refractivity contribution in [3.05, 3.63) is 30.1 Å². The van der Waals surface area contributed by atoms with E-state index in [0.717, 1.165) is 23.3 Å². The molecule has 0 amide bonds. The van der Waals surface area contributed by atoms with Crippen LogP contribution in [0.25, 0.3) is 11.0 Å². The van der Waals surface area contributed by atoms with E-state index in [1.807, 2.05) is 24.3 Å². The van der Waals surface area contributed by atoms with Crippen molar-refractivity contribution in [3.8, 4) is 0 Å². The van der Waals surface area contributed by atoms with Crippen LogP contribution in [-0.2, 0) is 5.41 Å². The standard InChI is InChI=1S/C12H17N3/c1-3-12(2,8-13)11-14-9-6-4-5-7-10(9)15-11/h4-7H,3,8,13H2,1-2H3,(H,14,15). The van der Waals surface area contributed by atoms with E-state index in [-0.39, 0.29) is 5.41 Å². The van der Waals surface area contributed by atoms with Crippen LogP contribution in [0.4, 0.5) is 0 Å². The van der Waals surface area contributed by atoms with Gasteiger partial charge in [-0.15, -0.1) is 0 Å². The zero-order valence-corrected chi connectivity index (χ0v) is 9.25. The molecule has 15 heavy (non-hydrogen) atoms. The minimum Gasteiger partial charge on any atom is -0.341 e. The first-order valence-corrected chi connectivity index (χ1v) is 5.35. The number of fused-ring (bicyclic) bond motifs is 1. The molecule has 1 heterocycles. The molecule has 0 saturated carbocycles. The number of nitrogens with two attached hydrogens (primary N) is 1. The summed E-state index contributed by atoms with van der Waals surface area (Å²) in [5, 5.41) is 0. The van der Waals surface area contributed by atoms with Gasteiger partial charge in [-0.3, -0.25) is 0 Å². The van der Waals surface area contributed by atoms with E-state index in [4.69, 9.17) is 5.73 Å². The molecule has 3 N–H and O–H groups in total. The molecule has 0 saturated heterocycles. The average Bonchev–Trinajstić information content (AvgIpc) is 2.72. The molecule has 0 bridgehead atoms. The molecule has 1 aromatic heterocycles. The molecular weight excluding hydrogens is 186 g/mol. The Hall–Kier alpha value is -1.35. The Bertz CT molecular complexity index is 422. The molecule has 1 unspecified atom stereocenters. The SMILES string of the molecule is CCC(C)(CN)c1nc2ccccc2[nH]1. The molecule has 0 aliphatic rings. The third-order valence-electron chi connectivity index (χ3n) is 3.19. The van der Waals surface area contributed by atoms with Crippen LogP contribution in [0.3, 0.4) is 0 Å². The lowest BCUT2D eigenvalue weighted by atomic mass is 9.87. The Morgan fingerprint density at radius 1 is 1.40 bits per heavy atom. The fourth-order valence-corrected chi connectivity index (χ4v) is 1.65. The summed E-state index contributed by atoms with van der Waals surface area (Å²) in [4.78, 5) is 7.94. The molecule has 0 fully saturated rings. The summed E-state index contributed by atoms with van der Waals surface area (Å²) in [6.07, 6.45) is 0.989. The minimum atomic E-state index is -0.0426. The number of H-pyrrole nitrogens is 1. The van der Waals surface area contributed by atoms with Crippen LogP contribution >= 0.6 is 0 Å². The molecule has 1 atom stereocenters. The highest BCUT2D eigenvalue weighted by atomic mass is 14.9. The number of para-hydroxylation sites is 2. The van der Waals surface area contributed by atoms with Gasteiger partial charge in [-0.25, -0.2) is 4.98 Å². The second-order valence-corrected chi connectivity index (χ2v) is 4.22. The number of nitrogens with zero attached hydrogens (tertiary/aromatic N) is 1. The lowest BCUT2D eigenvalue weighted by molar-refractivity contribution is 0.443. The molecule has 80 valence electrons. The molecule has 0 spiro atoms. The highest BCUT2D eigenvalue weighted by Crippen LogP contribution is 2.25. The van der Waals surface area contributed by atoms with E-state index in [9.17, 15) is 0 Å². The van der Waals surface area contributed by atoms with E-state index < -0.39 is 0 Å². The van der Waals surface area contributed by atoms with Gasteiger partial charge in [0, 0.05) is 12.0 Å². The summed E-state index contributed by atoms with van der Waals surface area (Å²) in [5.41, 5.74) is 7.87. The summed E-state index contributed by atoms with van der Waals surface area (Å²) in [6.45, 7) is 4.90. The first kappa shape index (κ1) is 10.2. The minimum absolute atomic E-state index is 0.0426. The summed E-state index contributed by atoms with van der Waals surface area (Å²) in [5.74, 6) is 0.994. The van der Waals surface area contributed by atoms with Gasteiger partial charge in [0.15, 0.2) is 0 Å². The predicted octanol–water partition coefficient (Wildman–Crippen LogP) is 2.19. The predicted molar refractivity (Wildman–Crippen MR) is 62.8 cm³/mol. The van der Waals surface area contributed by atoms with Gasteiger partial charge in [-0.1, -0.05) is 26.0 Å². The highest BCUT2D eigenvalue weighted by Gasteiger charge is 2.26. The first-order valence-electron chi connectivity index (χ1n) is 5.35. The van der Waals surface area contributed by atoms with Gasteiger partial charge in [-0.05, 0) is 18.6 Å². The number of imidazole rings is 1.